The van der Waals surface area contributed by atoms with Gasteiger partial charge in [-0.1, -0.05) is 30.3 Å². The predicted molar refractivity (Wildman–Crippen MR) is 63.7 cm³/mol. The standard InChI is InChI=1S/C14H11F3NO2/c15-14(16,17)20-13(19)12-6-8-18(9-7-12)10-11-4-2-1-3-5-11/h1-9H,10H2/q+1. The van der Waals surface area contributed by atoms with E-state index in [1.807, 2.05) is 30.3 Å². The number of halogens is 3. The van der Waals surface area contributed by atoms with Crippen molar-refractivity contribution in [3.63, 3.8) is 0 Å². The molecule has 0 fully saturated rings. The van der Waals surface area contributed by atoms with Crippen LogP contribution in [-0.4, -0.2) is 12.3 Å². The molecule has 1 heterocycles. The van der Waals surface area contributed by atoms with Gasteiger partial charge in [0.25, 0.3) is 0 Å². The molecule has 1 aromatic heterocycles. The van der Waals surface area contributed by atoms with Crippen molar-refractivity contribution in [2.75, 3.05) is 0 Å². The van der Waals surface area contributed by atoms with E-state index in [4.69, 9.17) is 0 Å². The van der Waals surface area contributed by atoms with E-state index < -0.39 is 12.3 Å². The van der Waals surface area contributed by atoms with Gasteiger partial charge in [0.1, 0.15) is 0 Å². The fraction of sp³-hybridized carbons (Fsp3) is 0.143. The molecule has 20 heavy (non-hydrogen) atoms. The van der Waals surface area contributed by atoms with Crippen LogP contribution in [-0.2, 0) is 11.3 Å². The Kier molecular flexibility index (Phi) is 4.02. The lowest BCUT2D eigenvalue weighted by molar-refractivity contribution is -0.688. The molecule has 0 N–H and O–H groups in total. The number of alkyl halides is 3. The number of carbonyl (C=O) groups excluding carboxylic acids is 1. The molecule has 104 valence electrons. The summed E-state index contributed by atoms with van der Waals surface area (Å²) in [6.45, 7) is 0.565. The van der Waals surface area contributed by atoms with E-state index >= 15 is 0 Å². The van der Waals surface area contributed by atoms with Crippen LogP contribution in [0, 0.1) is 0 Å². The maximum absolute atomic E-state index is 11.9. The molecule has 6 heteroatoms. The third kappa shape index (κ3) is 4.08. The number of nitrogens with zero attached hydrogens (tertiary/aromatic N) is 1. The number of carbonyl (C=O) groups is 1. The summed E-state index contributed by atoms with van der Waals surface area (Å²) in [5.41, 5.74) is 0.898. The summed E-state index contributed by atoms with van der Waals surface area (Å²) in [5, 5.41) is 0. The monoisotopic (exact) mass is 282 g/mol. The van der Waals surface area contributed by atoms with Gasteiger partial charge in [-0.25, -0.2) is 9.36 Å². The first-order valence-corrected chi connectivity index (χ1v) is 5.77. The summed E-state index contributed by atoms with van der Waals surface area (Å²) in [5.74, 6) is -1.41. The molecule has 0 bridgehead atoms. The van der Waals surface area contributed by atoms with E-state index in [0.717, 1.165) is 5.56 Å². The van der Waals surface area contributed by atoms with Gasteiger partial charge in [-0.3, -0.25) is 0 Å². The van der Waals surface area contributed by atoms with Crippen LogP contribution in [0.4, 0.5) is 13.2 Å². The van der Waals surface area contributed by atoms with Crippen LogP contribution in [0.3, 0.4) is 0 Å². The number of esters is 1. The van der Waals surface area contributed by atoms with Gasteiger partial charge in [0, 0.05) is 17.7 Å². The van der Waals surface area contributed by atoms with Gasteiger partial charge < -0.3 is 4.74 Å². The molecule has 3 nitrogen and oxygen atoms in total. The summed E-state index contributed by atoms with van der Waals surface area (Å²) in [4.78, 5) is 11.2. The Morgan fingerprint density at radius 1 is 1.05 bits per heavy atom. The number of hydrogen-bond donors (Lipinski definition) is 0. The van der Waals surface area contributed by atoms with Crippen LogP contribution in [0.15, 0.2) is 54.9 Å². The minimum atomic E-state index is -4.97. The SMILES string of the molecule is O=C(OC(F)(F)F)c1cc[n+](Cc2ccccc2)cc1. The Bertz CT molecular complexity index is 580. The summed E-state index contributed by atoms with van der Waals surface area (Å²) >= 11 is 0. The third-order valence-electron chi connectivity index (χ3n) is 2.54. The van der Waals surface area contributed by atoms with E-state index in [1.165, 1.54) is 24.5 Å². The molecule has 1 aromatic carbocycles. The molecular weight excluding hydrogens is 271 g/mol. The van der Waals surface area contributed by atoms with Crippen LogP contribution in [0.25, 0.3) is 0 Å². The van der Waals surface area contributed by atoms with Crippen molar-refractivity contribution in [3.8, 4) is 0 Å². The molecular formula is C14H11F3NO2+. The predicted octanol–water partition coefficient (Wildman–Crippen LogP) is 2.70. The Morgan fingerprint density at radius 2 is 1.65 bits per heavy atom. The molecule has 0 spiro atoms. The number of hydrogen-bond acceptors (Lipinski definition) is 2. The molecule has 0 atom stereocenters. The van der Waals surface area contributed by atoms with Crippen molar-refractivity contribution in [1.29, 1.82) is 0 Å². The van der Waals surface area contributed by atoms with E-state index in [9.17, 15) is 18.0 Å². The highest BCUT2D eigenvalue weighted by Crippen LogP contribution is 2.18. The van der Waals surface area contributed by atoms with Gasteiger partial charge in [0.15, 0.2) is 18.9 Å². The molecule has 0 radical (unpaired) electrons. The lowest BCUT2D eigenvalue weighted by Gasteiger charge is -2.06. The van der Waals surface area contributed by atoms with E-state index in [0.29, 0.717) is 6.54 Å². The van der Waals surface area contributed by atoms with Gasteiger partial charge in [0.2, 0.25) is 0 Å². The number of pyridine rings is 1. The highest BCUT2D eigenvalue weighted by molar-refractivity contribution is 5.89. The molecule has 0 saturated carbocycles. The zero-order valence-electron chi connectivity index (χ0n) is 10.3. The average Bonchev–Trinajstić information content (AvgIpc) is 2.39. The van der Waals surface area contributed by atoms with Crippen LogP contribution < -0.4 is 4.57 Å². The first-order chi connectivity index (χ1) is 9.44. The molecule has 2 aromatic rings. The summed E-state index contributed by atoms with van der Waals surface area (Å²) < 4.78 is 40.8. The minimum Gasteiger partial charge on any atom is -0.369 e. The van der Waals surface area contributed by atoms with Crippen LogP contribution in [0.2, 0.25) is 0 Å². The maximum atomic E-state index is 11.9. The molecule has 0 saturated heterocycles. The Labute approximate surface area is 113 Å². The summed E-state index contributed by atoms with van der Waals surface area (Å²) in [6.07, 6.45) is -1.91. The molecule has 2 rings (SSSR count). The van der Waals surface area contributed by atoms with Crippen molar-refractivity contribution in [3.05, 3.63) is 66.0 Å². The first kappa shape index (κ1) is 14.0. The smallest absolute Gasteiger partial charge is 0.369 e. The van der Waals surface area contributed by atoms with Crippen molar-refractivity contribution < 1.29 is 27.3 Å². The summed E-state index contributed by atoms with van der Waals surface area (Å²) in [6, 6.07) is 12.1. The normalized spacial score (nSPS) is 11.2. The van der Waals surface area contributed by atoms with Crippen LogP contribution in [0.5, 0.6) is 0 Å². The van der Waals surface area contributed by atoms with E-state index in [-0.39, 0.29) is 5.56 Å². The Balaban J connectivity index is 2.05. The zero-order chi connectivity index (χ0) is 14.6. The molecule has 0 aliphatic heterocycles. The third-order valence-corrected chi connectivity index (χ3v) is 2.54. The second kappa shape index (κ2) is 5.73. The van der Waals surface area contributed by atoms with Crippen LogP contribution in [0.1, 0.15) is 15.9 Å². The van der Waals surface area contributed by atoms with Gasteiger partial charge in [-0.2, -0.15) is 0 Å². The lowest BCUT2D eigenvalue weighted by atomic mass is 10.2. The van der Waals surface area contributed by atoms with Crippen molar-refractivity contribution in [2.24, 2.45) is 0 Å². The van der Waals surface area contributed by atoms with E-state index in [2.05, 4.69) is 4.74 Å². The number of ether oxygens (including phenoxy) is 1. The fourth-order valence-corrected chi connectivity index (χ4v) is 1.66. The van der Waals surface area contributed by atoms with Crippen molar-refractivity contribution in [2.45, 2.75) is 12.9 Å². The molecule has 0 aliphatic carbocycles. The largest absolute Gasteiger partial charge is 0.575 e. The number of benzene rings is 1. The van der Waals surface area contributed by atoms with Gasteiger partial charge in [-0.05, 0) is 0 Å². The topological polar surface area (TPSA) is 30.2 Å². The average molecular weight is 282 g/mol. The van der Waals surface area contributed by atoms with Gasteiger partial charge >= 0.3 is 12.3 Å². The number of aromatic nitrogens is 1. The minimum absolute atomic E-state index is 0.147. The van der Waals surface area contributed by atoms with E-state index in [1.54, 1.807) is 4.57 Å². The molecule has 0 amide bonds. The highest BCUT2D eigenvalue weighted by atomic mass is 19.4. The summed E-state index contributed by atoms with van der Waals surface area (Å²) in [7, 11) is 0. The highest BCUT2D eigenvalue weighted by Gasteiger charge is 2.34. The quantitative estimate of drug-likeness (QED) is 0.640. The first-order valence-electron chi connectivity index (χ1n) is 5.77. The Hall–Kier alpha value is -2.37. The second-order valence-electron chi connectivity index (χ2n) is 4.08. The van der Waals surface area contributed by atoms with Crippen molar-refractivity contribution >= 4 is 5.97 Å². The van der Waals surface area contributed by atoms with Crippen LogP contribution >= 0.6 is 0 Å². The van der Waals surface area contributed by atoms with Gasteiger partial charge in [0.05, 0.1) is 5.56 Å². The molecule has 0 aliphatic rings. The lowest BCUT2D eigenvalue weighted by Crippen LogP contribution is -2.33. The maximum Gasteiger partial charge on any atom is 0.575 e. The van der Waals surface area contributed by atoms with Crippen molar-refractivity contribution in [1.82, 2.24) is 0 Å². The Morgan fingerprint density at radius 3 is 2.20 bits per heavy atom. The number of rotatable bonds is 3. The zero-order valence-corrected chi connectivity index (χ0v) is 10.3. The van der Waals surface area contributed by atoms with Gasteiger partial charge in [-0.15, -0.1) is 13.2 Å². The molecule has 0 unspecified atom stereocenters. The second-order valence-corrected chi connectivity index (χ2v) is 4.08. The fourth-order valence-electron chi connectivity index (χ4n) is 1.66.